The lowest BCUT2D eigenvalue weighted by Crippen LogP contribution is -2.27. The molecule has 1 heterocycles. The quantitative estimate of drug-likeness (QED) is 0.780. The third-order valence-electron chi connectivity index (χ3n) is 1.86. The van der Waals surface area contributed by atoms with Gasteiger partial charge in [-0.05, 0) is 12.1 Å². The fourth-order valence-corrected chi connectivity index (χ4v) is 1.91. The molecule has 0 unspecified atom stereocenters. The molecule has 1 rings (SSSR count). The molecular formula is C11H12N2OS2. The molecule has 0 saturated carbocycles. The molecule has 1 aromatic rings. The van der Waals surface area contributed by atoms with Crippen LogP contribution in [0.5, 0.6) is 0 Å². The maximum atomic E-state index is 11.8. The Kier molecular flexibility index (Phi) is 3.79. The second-order valence-electron chi connectivity index (χ2n) is 4.31. The SMILES string of the molecule is CC(C)(C)C(=O)Nc1sc(=S)ccc1C#N. The van der Waals surface area contributed by atoms with Crippen molar-refractivity contribution < 1.29 is 4.79 Å². The molecule has 1 N–H and O–H groups in total. The molecule has 5 heteroatoms. The third-order valence-corrected chi connectivity index (χ3v) is 3.11. The predicted molar refractivity (Wildman–Crippen MR) is 68.0 cm³/mol. The van der Waals surface area contributed by atoms with E-state index in [-0.39, 0.29) is 5.91 Å². The van der Waals surface area contributed by atoms with E-state index in [2.05, 4.69) is 5.32 Å². The van der Waals surface area contributed by atoms with Gasteiger partial charge in [0, 0.05) is 5.41 Å². The molecular weight excluding hydrogens is 240 g/mol. The number of carbonyl (C=O) groups is 1. The van der Waals surface area contributed by atoms with E-state index in [9.17, 15) is 4.79 Å². The standard InChI is InChI=1S/C11H12N2OS2/c1-11(2,3)10(14)13-9-7(6-12)4-5-8(15)16-9/h4-5H,1-3H3,(H,13,14). The molecule has 0 aromatic carbocycles. The summed E-state index contributed by atoms with van der Waals surface area (Å²) in [6.07, 6.45) is 0. The molecule has 84 valence electrons. The minimum Gasteiger partial charge on any atom is -0.316 e. The number of nitrogens with zero attached hydrogens (tertiary/aromatic N) is 1. The summed E-state index contributed by atoms with van der Waals surface area (Å²) in [6.45, 7) is 5.45. The zero-order valence-corrected chi connectivity index (χ0v) is 11.0. The molecule has 3 nitrogen and oxygen atoms in total. The number of carbonyl (C=O) groups excluding carboxylic acids is 1. The van der Waals surface area contributed by atoms with Crippen molar-refractivity contribution in [2.24, 2.45) is 5.41 Å². The van der Waals surface area contributed by atoms with E-state index in [0.29, 0.717) is 14.4 Å². The fourth-order valence-electron chi connectivity index (χ4n) is 0.888. The zero-order valence-electron chi connectivity index (χ0n) is 9.33. The average molecular weight is 252 g/mol. The molecule has 16 heavy (non-hydrogen) atoms. The van der Waals surface area contributed by atoms with Gasteiger partial charge in [0.1, 0.15) is 11.1 Å². The van der Waals surface area contributed by atoms with Crippen LogP contribution in [0, 0.1) is 20.6 Å². The van der Waals surface area contributed by atoms with Crippen molar-refractivity contribution in [1.29, 1.82) is 5.26 Å². The van der Waals surface area contributed by atoms with Gasteiger partial charge < -0.3 is 5.32 Å². The lowest BCUT2D eigenvalue weighted by Gasteiger charge is -2.17. The van der Waals surface area contributed by atoms with Gasteiger partial charge in [-0.2, -0.15) is 5.26 Å². The Balaban J connectivity index is 3.07. The predicted octanol–water partition coefficient (Wildman–Crippen LogP) is 3.33. The third kappa shape index (κ3) is 3.12. The van der Waals surface area contributed by atoms with Crippen LogP contribution in [0.4, 0.5) is 5.00 Å². The van der Waals surface area contributed by atoms with E-state index in [4.69, 9.17) is 17.5 Å². The van der Waals surface area contributed by atoms with Crippen LogP contribution >= 0.6 is 23.6 Å². The van der Waals surface area contributed by atoms with Crippen molar-refractivity contribution in [3.8, 4) is 6.07 Å². The van der Waals surface area contributed by atoms with E-state index < -0.39 is 5.41 Å². The highest BCUT2D eigenvalue weighted by atomic mass is 32.1. The van der Waals surface area contributed by atoms with Crippen molar-refractivity contribution in [3.05, 3.63) is 21.5 Å². The second kappa shape index (κ2) is 4.73. The van der Waals surface area contributed by atoms with Crippen LogP contribution in [0.2, 0.25) is 0 Å². The Hall–Kier alpha value is -1.25. The first-order valence-corrected chi connectivity index (χ1v) is 5.93. The Morgan fingerprint density at radius 2 is 2.12 bits per heavy atom. The number of hydrogen-bond donors (Lipinski definition) is 1. The smallest absolute Gasteiger partial charge is 0.230 e. The van der Waals surface area contributed by atoms with E-state index in [1.165, 1.54) is 11.3 Å². The van der Waals surface area contributed by atoms with Gasteiger partial charge in [0.05, 0.1) is 9.39 Å². The first kappa shape index (κ1) is 12.8. The van der Waals surface area contributed by atoms with Gasteiger partial charge in [-0.15, -0.1) is 11.3 Å². The highest BCUT2D eigenvalue weighted by Crippen LogP contribution is 2.24. The fraction of sp³-hybridized carbons (Fsp3) is 0.364. The maximum absolute atomic E-state index is 11.8. The average Bonchev–Trinajstić information content (AvgIpc) is 2.16. The van der Waals surface area contributed by atoms with E-state index in [1.54, 1.807) is 12.1 Å². The van der Waals surface area contributed by atoms with Crippen molar-refractivity contribution >= 4 is 34.5 Å². The molecule has 1 aromatic heterocycles. The van der Waals surface area contributed by atoms with Crippen LogP contribution in [0.3, 0.4) is 0 Å². The summed E-state index contributed by atoms with van der Waals surface area (Å²) in [6, 6.07) is 5.34. The van der Waals surface area contributed by atoms with Gasteiger partial charge in [0.15, 0.2) is 0 Å². The van der Waals surface area contributed by atoms with Crippen LogP contribution in [-0.2, 0) is 4.79 Å². The first-order chi connectivity index (χ1) is 7.34. The summed E-state index contributed by atoms with van der Waals surface area (Å²) in [4.78, 5) is 11.8. The number of anilines is 1. The van der Waals surface area contributed by atoms with Crippen molar-refractivity contribution in [1.82, 2.24) is 0 Å². The Labute approximate surface area is 104 Å². The normalized spacial score (nSPS) is 10.6. The minimum absolute atomic E-state index is 0.124. The summed E-state index contributed by atoms with van der Waals surface area (Å²) in [7, 11) is 0. The van der Waals surface area contributed by atoms with Crippen LogP contribution in [0.15, 0.2) is 12.1 Å². The lowest BCUT2D eigenvalue weighted by atomic mass is 9.96. The summed E-state index contributed by atoms with van der Waals surface area (Å²) >= 11 is 6.24. The van der Waals surface area contributed by atoms with E-state index in [0.717, 1.165) is 0 Å². The van der Waals surface area contributed by atoms with Crippen LogP contribution in [0.1, 0.15) is 26.3 Å². The number of nitrogens with one attached hydrogen (secondary N) is 1. The van der Waals surface area contributed by atoms with Crippen LogP contribution < -0.4 is 5.32 Å². The monoisotopic (exact) mass is 252 g/mol. The number of rotatable bonds is 1. The summed E-state index contributed by atoms with van der Waals surface area (Å²) in [5.41, 5.74) is -0.0483. The van der Waals surface area contributed by atoms with Crippen LogP contribution in [-0.4, -0.2) is 5.91 Å². The van der Waals surface area contributed by atoms with Gasteiger partial charge >= 0.3 is 0 Å². The molecule has 0 aliphatic heterocycles. The number of hydrogen-bond acceptors (Lipinski definition) is 4. The maximum Gasteiger partial charge on any atom is 0.230 e. The number of amides is 1. The van der Waals surface area contributed by atoms with Crippen molar-refractivity contribution in [2.45, 2.75) is 20.8 Å². The largest absolute Gasteiger partial charge is 0.316 e. The molecule has 0 bridgehead atoms. The summed E-state index contributed by atoms with van der Waals surface area (Å²) in [5, 5.41) is 12.2. The van der Waals surface area contributed by atoms with E-state index in [1.807, 2.05) is 26.8 Å². The van der Waals surface area contributed by atoms with Crippen molar-refractivity contribution in [2.75, 3.05) is 5.32 Å². The van der Waals surface area contributed by atoms with Crippen LogP contribution in [0.25, 0.3) is 0 Å². The van der Waals surface area contributed by atoms with Gasteiger partial charge in [-0.3, -0.25) is 4.79 Å². The lowest BCUT2D eigenvalue weighted by molar-refractivity contribution is -0.123. The zero-order chi connectivity index (χ0) is 12.3. The minimum atomic E-state index is -0.489. The van der Waals surface area contributed by atoms with Crippen molar-refractivity contribution in [3.63, 3.8) is 0 Å². The van der Waals surface area contributed by atoms with E-state index >= 15 is 0 Å². The summed E-state index contributed by atoms with van der Waals surface area (Å²) < 4.78 is 0.642. The first-order valence-electron chi connectivity index (χ1n) is 4.70. The summed E-state index contributed by atoms with van der Waals surface area (Å²) in [5.74, 6) is -0.124. The molecule has 0 atom stereocenters. The topological polar surface area (TPSA) is 52.9 Å². The van der Waals surface area contributed by atoms with Gasteiger partial charge in [0.25, 0.3) is 0 Å². The molecule has 0 radical (unpaired) electrons. The highest BCUT2D eigenvalue weighted by Gasteiger charge is 2.22. The Morgan fingerprint density at radius 1 is 1.50 bits per heavy atom. The Bertz CT molecular complexity index is 506. The molecule has 0 aliphatic rings. The highest BCUT2D eigenvalue weighted by molar-refractivity contribution is 7.73. The molecule has 0 aliphatic carbocycles. The molecule has 1 amide bonds. The van der Waals surface area contributed by atoms with Gasteiger partial charge in [-0.25, -0.2) is 0 Å². The van der Waals surface area contributed by atoms with Gasteiger partial charge in [-0.1, -0.05) is 33.0 Å². The van der Waals surface area contributed by atoms with Gasteiger partial charge in [0.2, 0.25) is 5.91 Å². The Morgan fingerprint density at radius 3 is 2.62 bits per heavy atom. The second-order valence-corrected chi connectivity index (χ2v) is 6.06. The molecule has 0 spiro atoms. The molecule has 0 saturated heterocycles. The molecule has 0 fully saturated rings. The number of nitriles is 1.